The van der Waals surface area contributed by atoms with Gasteiger partial charge < -0.3 is 21.5 Å². The first-order valence-corrected chi connectivity index (χ1v) is 4.62. The van der Waals surface area contributed by atoms with E-state index in [1.807, 2.05) is 0 Å². The Bertz CT molecular complexity index is 105. The first-order valence-electron chi connectivity index (χ1n) is 2.42. The zero-order chi connectivity index (χ0) is 7.86. The summed E-state index contributed by atoms with van der Waals surface area (Å²) in [5.41, 5.74) is 0. The van der Waals surface area contributed by atoms with Crippen LogP contribution in [0.25, 0.3) is 0 Å². The molecule has 0 heterocycles. The van der Waals surface area contributed by atoms with Gasteiger partial charge in [-0.25, -0.2) is 0 Å². The number of carbonyl (C=O) groups is 2. The number of carboxylic acid groups (broad SMARTS) is 2. The fourth-order valence-electron chi connectivity index (χ4n) is 0. The van der Waals surface area contributed by atoms with Crippen LogP contribution in [-0.2, 0) is 9.59 Å². The summed E-state index contributed by atoms with van der Waals surface area (Å²) in [4.78, 5) is 18.4. The van der Waals surface area contributed by atoms with Crippen LogP contribution in [0.15, 0.2) is 0 Å². The topological polar surface area (TPSA) is 169 Å². The van der Waals surface area contributed by atoms with E-state index < -0.39 is 11.9 Å². The Morgan fingerprint density at radius 1 is 1.15 bits per heavy atom. The fourth-order valence-corrected chi connectivity index (χ4v) is 0. The van der Waals surface area contributed by atoms with Crippen molar-refractivity contribution in [2.75, 3.05) is 0 Å². The van der Waals surface area contributed by atoms with Crippen molar-refractivity contribution < 1.29 is 36.2 Å². The molecule has 7 nitrogen and oxygen atoms in total. The van der Waals surface area contributed by atoms with Gasteiger partial charge in [-0.2, -0.15) is 0 Å². The first-order chi connectivity index (χ1) is 4.00. The molecule has 0 aliphatic heterocycles. The van der Waals surface area contributed by atoms with Crippen LogP contribution < -0.4 is 0 Å². The molecule has 0 saturated carbocycles. The first kappa shape index (κ1) is 36.6. The number of carboxylic acids is 2. The Labute approximate surface area is 132 Å². The molecule has 0 atom stereocenters. The van der Waals surface area contributed by atoms with E-state index in [4.69, 9.17) is 15.0 Å². The summed E-state index contributed by atoms with van der Waals surface area (Å²) in [7, 11) is 0. The fraction of sp³-hybridized carbons (Fsp3) is 0.500. The third-order valence-electron chi connectivity index (χ3n) is 0.302. The van der Waals surface area contributed by atoms with Crippen molar-refractivity contribution in [2.45, 2.75) is 7.44 Å². The van der Waals surface area contributed by atoms with E-state index in [2.05, 4.69) is 0 Å². The second-order valence-electron chi connectivity index (χ2n) is 1.27. The molecule has 0 spiro atoms. The number of hydrogen-bond acceptors (Lipinski definition) is 2. The zero-order valence-corrected chi connectivity index (χ0v) is 10.0. The molecule has 0 fully saturated rings. The SMILES string of the molecule is CC(=O)O.O.O.O.O=C(O)[CH2][K].[NaH]. The second-order valence-corrected chi connectivity index (χ2v) is 2.37. The molecule has 0 aliphatic carbocycles. The number of aliphatic carboxylic acids is 2. The quantitative estimate of drug-likeness (QED) is 0.453. The van der Waals surface area contributed by atoms with Gasteiger partial charge in [0.2, 0.25) is 0 Å². The Balaban J connectivity index is -0.0000000146. The van der Waals surface area contributed by atoms with E-state index in [1.54, 1.807) is 0 Å². The maximum absolute atomic E-state index is 9.41. The zero-order valence-electron chi connectivity index (χ0n) is 6.92. The van der Waals surface area contributed by atoms with Crippen LogP contribution in [0.1, 0.15) is 6.92 Å². The van der Waals surface area contributed by atoms with Crippen LogP contribution in [0.4, 0.5) is 0 Å². The van der Waals surface area contributed by atoms with Crippen LogP contribution in [0.5, 0.6) is 0 Å². The predicted octanol–water partition coefficient (Wildman–Crippen LogP) is -3.37. The Morgan fingerprint density at radius 2 is 1.23 bits per heavy atom. The molecule has 0 rings (SSSR count). The van der Waals surface area contributed by atoms with Gasteiger partial charge in [0, 0.05) is 6.92 Å². The molecule has 9 heteroatoms. The van der Waals surface area contributed by atoms with Crippen LogP contribution in [0.3, 0.4) is 0 Å². The monoisotopic (exact) mass is 236 g/mol. The molecule has 0 radical (unpaired) electrons. The minimum absolute atomic E-state index is 0. The Kier molecular flexibility index (Phi) is 82.2. The molecule has 74 valence electrons. The van der Waals surface area contributed by atoms with Crippen molar-refractivity contribution in [2.24, 2.45) is 0 Å². The summed E-state index contributed by atoms with van der Waals surface area (Å²) in [6, 6.07) is 0. The van der Waals surface area contributed by atoms with Gasteiger partial charge in [-0.1, -0.05) is 0 Å². The van der Waals surface area contributed by atoms with Crippen molar-refractivity contribution in [3.63, 3.8) is 0 Å². The van der Waals surface area contributed by atoms with E-state index in [1.165, 1.54) is 0 Å². The van der Waals surface area contributed by atoms with Crippen LogP contribution in [0.2, 0.25) is 0.515 Å². The van der Waals surface area contributed by atoms with Gasteiger partial charge in [-0.05, 0) is 0 Å². The molecule has 0 aliphatic rings. The van der Waals surface area contributed by atoms with E-state index in [-0.39, 0.29) is 46.0 Å². The Hall–Kier alpha value is 1.46. The summed E-state index contributed by atoms with van der Waals surface area (Å²) in [6.07, 6.45) is 0. The van der Waals surface area contributed by atoms with E-state index in [0.717, 1.165) is 6.92 Å². The van der Waals surface area contributed by atoms with Crippen molar-refractivity contribution in [1.82, 2.24) is 0 Å². The predicted molar refractivity (Wildman–Crippen MR) is 49.5 cm³/mol. The second kappa shape index (κ2) is 29.2. The van der Waals surface area contributed by atoms with Crippen LogP contribution in [0, 0.1) is 0 Å². The molecule has 8 N–H and O–H groups in total. The van der Waals surface area contributed by atoms with Gasteiger partial charge >= 0.3 is 94.9 Å². The normalized spacial score (nSPS) is 4.85. The molecule has 0 amide bonds. The summed E-state index contributed by atoms with van der Waals surface area (Å²) in [5.74, 6) is -1.50. The average Bonchev–Trinajstić information content (AvgIpc) is 1.65. The molecular weight excluding hydrogens is 222 g/mol. The summed E-state index contributed by atoms with van der Waals surface area (Å²) < 4.78 is 0.410. The number of hydrogen-bond donors (Lipinski definition) is 2. The van der Waals surface area contributed by atoms with Crippen LogP contribution >= 0.6 is 0 Å². The van der Waals surface area contributed by atoms with Crippen molar-refractivity contribution in [3.8, 4) is 0 Å². The maximum atomic E-state index is 9.41. The molecule has 0 aromatic carbocycles. The van der Waals surface area contributed by atoms with Crippen LogP contribution in [-0.4, -0.2) is 117 Å². The third-order valence-corrected chi connectivity index (χ3v) is 1.25. The molecule has 0 unspecified atom stereocenters. The van der Waals surface area contributed by atoms with Crippen molar-refractivity contribution >= 4 is 90.4 Å². The third kappa shape index (κ3) is 148. The molecule has 0 saturated heterocycles. The van der Waals surface area contributed by atoms with Gasteiger partial charge in [0.1, 0.15) is 0 Å². The molecule has 0 bridgehead atoms. The average molecular weight is 236 g/mol. The van der Waals surface area contributed by atoms with Gasteiger partial charge in [0.15, 0.2) is 0 Å². The number of rotatable bonds is 1. The van der Waals surface area contributed by atoms with Crippen molar-refractivity contribution in [1.29, 1.82) is 0 Å². The summed E-state index contributed by atoms with van der Waals surface area (Å²) >= 11 is 0.485. The van der Waals surface area contributed by atoms with E-state index >= 15 is 0 Å². The van der Waals surface area contributed by atoms with Gasteiger partial charge in [-0.3, -0.25) is 4.79 Å². The van der Waals surface area contributed by atoms with Crippen molar-refractivity contribution in [3.05, 3.63) is 0 Å². The van der Waals surface area contributed by atoms with Gasteiger partial charge in [-0.15, -0.1) is 0 Å². The van der Waals surface area contributed by atoms with E-state index in [9.17, 15) is 4.79 Å². The molecule has 0 aromatic rings. The standard InChI is InChI=1S/C2H4O2.C2H3O2.K.Na.3H2O.H/c2*1-2(3)4;;;;;;/h1H3,(H,3,4);1H2,(H,3,4);;;3*1H2;. The molecular formula is C4H14KNaO7. The molecule has 0 aromatic heterocycles. The van der Waals surface area contributed by atoms with Gasteiger partial charge in [0.05, 0.1) is 0 Å². The van der Waals surface area contributed by atoms with Gasteiger partial charge in [0.25, 0.3) is 5.97 Å². The minimum atomic E-state index is -0.833. The summed E-state index contributed by atoms with van der Waals surface area (Å²) in [5, 5.41) is 15.2. The van der Waals surface area contributed by atoms with E-state index in [0.29, 0.717) is 49.5 Å². The summed E-state index contributed by atoms with van der Waals surface area (Å²) in [6.45, 7) is 1.08. The molecule has 13 heavy (non-hydrogen) atoms. The Morgan fingerprint density at radius 3 is 1.23 bits per heavy atom.